The predicted molar refractivity (Wildman–Crippen MR) is 63.0 cm³/mol. The minimum absolute atomic E-state index is 0.155. The van der Waals surface area contributed by atoms with Gasteiger partial charge in [-0.15, -0.1) is 0 Å². The van der Waals surface area contributed by atoms with Crippen LogP contribution in [-0.2, 0) is 4.79 Å². The Morgan fingerprint density at radius 1 is 1.56 bits per heavy atom. The Morgan fingerprint density at radius 3 is 2.72 bits per heavy atom. The van der Waals surface area contributed by atoms with Crippen LogP contribution in [0.1, 0.15) is 39.0 Å². The number of hydrogen-bond acceptors (Lipinski definition) is 1. The molecule has 1 unspecified atom stereocenters. The fraction of sp³-hybridized carbons (Fsp3) is 0.643. The summed E-state index contributed by atoms with van der Waals surface area (Å²) in [5, 5.41) is 0. The summed E-state index contributed by atoms with van der Waals surface area (Å²) in [6, 6.07) is 0. The lowest BCUT2D eigenvalue weighted by Gasteiger charge is -2.09. The van der Waals surface area contributed by atoms with Crippen LogP contribution in [0.3, 0.4) is 0 Å². The fourth-order valence-electron chi connectivity index (χ4n) is 3.04. The summed E-state index contributed by atoms with van der Waals surface area (Å²) >= 11 is 0. The molecule has 0 aliphatic heterocycles. The smallest absolute Gasteiger partial charge is 0.289 e. The number of carbonyl (C=O) groups excluding carboxylic acids is 1. The molecule has 0 N–H and O–H groups in total. The summed E-state index contributed by atoms with van der Waals surface area (Å²) in [6.45, 7) is 5.66. The highest BCUT2D eigenvalue weighted by molar-refractivity contribution is 5.86. The number of allylic oxidation sites excluding steroid dienone is 3. The third-order valence-corrected chi connectivity index (χ3v) is 4.18. The van der Waals surface area contributed by atoms with Crippen LogP contribution in [0.15, 0.2) is 23.8 Å². The summed E-state index contributed by atoms with van der Waals surface area (Å²) in [5.41, 5.74) is 1.92. The van der Waals surface area contributed by atoms with Crippen molar-refractivity contribution in [2.75, 3.05) is 0 Å². The van der Waals surface area contributed by atoms with Gasteiger partial charge in [-0.25, -0.2) is 0 Å². The van der Waals surface area contributed by atoms with Crippen molar-refractivity contribution in [1.29, 1.82) is 0 Å². The number of rotatable bonds is 3. The Labute approximate surface area is 105 Å². The van der Waals surface area contributed by atoms with Crippen molar-refractivity contribution < 1.29 is 18.0 Å². The van der Waals surface area contributed by atoms with Gasteiger partial charge in [0.05, 0.1) is 0 Å². The predicted octanol–water partition coefficient (Wildman–Crippen LogP) is 4.20. The highest BCUT2D eigenvalue weighted by Crippen LogP contribution is 2.65. The highest BCUT2D eigenvalue weighted by atomic mass is 19.4. The molecule has 0 aromatic heterocycles. The molecule has 4 heteroatoms. The molecule has 1 spiro atoms. The van der Waals surface area contributed by atoms with Gasteiger partial charge < -0.3 is 0 Å². The van der Waals surface area contributed by atoms with Crippen LogP contribution in [-0.4, -0.2) is 12.0 Å². The quantitative estimate of drug-likeness (QED) is 0.693. The zero-order valence-corrected chi connectivity index (χ0v) is 10.4. The molecule has 100 valence electrons. The maximum Gasteiger partial charge on any atom is 0.450 e. The van der Waals surface area contributed by atoms with Gasteiger partial charge >= 0.3 is 6.18 Å². The third-order valence-electron chi connectivity index (χ3n) is 4.18. The van der Waals surface area contributed by atoms with E-state index in [-0.39, 0.29) is 5.41 Å². The first-order chi connectivity index (χ1) is 8.25. The molecular formula is C14H17F3O. The lowest BCUT2D eigenvalue weighted by molar-refractivity contribution is -0.170. The first-order valence-electron chi connectivity index (χ1n) is 6.21. The topological polar surface area (TPSA) is 17.1 Å². The molecule has 2 aliphatic rings. The maximum absolute atomic E-state index is 12.1. The van der Waals surface area contributed by atoms with E-state index in [9.17, 15) is 18.0 Å². The summed E-state index contributed by atoms with van der Waals surface area (Å²) in [4.78, 5) is 10.9. The van der Waals surface area contributed by atoms with Crippen LogP contribution in [0.4, 0.5) is 13.2 Å². The van der Waals surface area contributed by atoms with Crippen LogP contribution in [0.5, 0.6) is 0 Å². The second-order valence-corrected chi connectivity index (χ2v) is 5.53. The number of halogens is 3. The second kappa shape index (κ2) is 4.25. The molecule has 2 fully saturated rings. The molecule has 2 aliphatic carbocycles. The van der Waals surface area contributed by atoms with Gasteiger partial charge in [0.2, 0.25) is 5.78 Å². The summed E-state index contributed by atoms with van der Waals surface area (Å²) in [5.74, 6) is -1.36. The lowest BCUT2D eigenvalue weighted by atomic mass is 9.96. The standard InChI is InChI=1S/C14H17F3O/c1-9(7-12(18)14(15,16)17)6-11-8-13(11)5-3-4-10(13)2/h6,11H,2-5,7-8H2,1H3/b9-6+/t11?,13-/m1/s1. The molecule has 0 saturated heterocycles. The van der Waals surface area contributed by atoms with Crippen LogP contribution in [0, 0.1) is 11.3 Å². The van der Waals surface area contributed by atoms with E-state index < -0.39 is 18.4 Å². The molecule has 0 bridgehead atoms. The maximum atomic E-state index is 12.1. The zero-order chi connectivity index (χ0) is 13.6. The normalized spacial score (nSPS) is 32.1. The number of ketones is 1. The van der Waals surface area contributed by atoms with Crippen LogP contribution >= 0.6 is 0 Å². The SMILES string of the molecule is C=C1CCC[C@@]12CC2/C=C(\C)CC(=O)C(F)(F)F. The van der Waals surface area contributed by atoms with Gasteiger partial charge in [-0.05, 0) is 43.9 Å². The molecule has 2 atom stereocenters. The average Bonchev–Trinajstić information content (AvgIpc) is 2.77. The van der Waals surface area contributed by atoms with E-state index in [1.165, 1.54) is 5.57 Å². The van der Waals surface area contributed by atoms with Gasteiger partial charge in [-0.1, -0.05) is 23.8 Å². The molecule has 18 heavy (non-hydrogen) atoms. The van der Waals surface area contributed by atoms with Crippen molar-refractivity contribution in [3.8, 4) is 0 Å². The summed E-state index contributed by atoms with van der Waals surface area (Å²) < 4.78 is 36.4. The molecule has 0 heterocycles. The van der Waals surface area contributed by atoms with Crippen molar-refractivity contribution in [2.24, 2.45) is 11.3 Å². The third kappa shape index (κ3) is 2.38. The van der Waals surface area contributed by atoms with E-state index in [0.717, 1.165) is 25.7 Å². The minimum atomic E-state index is -4.71. The molecule has 0 aromatic rings. The Morgan fingerprint density at radius 2 is 2.22 bits per heavy atom. The van der Waals surface area contributed by atoms with Crippen molar-refractivity contribution in [1.82, 2.24) is 0 Å². The van der Waals surface area contributed by atoms with E-state index in [2.05, 4.69) is 6.58 Å². The number of Topliss-reactive ketones (excluding diaryl/α,β-unsaturated/α-hetero) is 1. The zero-order valence-electron chi connectivity index (χ0n) is 10.4. The van der Waals surface area contributed by atoms with Gasteiger partial charge in [0.1, 0.15) is 0 Å². The minimum Gasteiger partial charge on any atom is -0.289 e. The Kier molecular flexibility index (Phi) is 3.16. The largest absolute Gasteiger partial charge is 0.450 e. The Balaban J connectivity index is 1.95. The number of carbonyl (C=O) groups is 1. The van der Waals surface area contributed by atoms with Gasteiger partial charge in [0, 0.05) is 6.42 Å². The van der Waals surface area contributed by atoms with Crippen molar-refractivity contribution in [3.05, 3.63) is 23.8 Å². The highest BCUT2D eigenvalue weighted by Gasteiger charge is 2.56. The second-order valence-electron chi connectivity index (χ2n) is 5.53. The van der Waals surface area contributed by atoms with Crippen LogP contribution in [0.2, 0.25) is 0 Å². The molecule has 0 aromatic carbocycles. The Bertz CT molecular complexity index is 419. The number of alkyl halides is 3. The monoisotopic (exact) mass is 258 g/mol. The van der Waals surface area contributed by atoms with Crippen molar-refractivity contribution in [2.45, 2.75) is 45.2 Å². The molecule has 0 radical (unpaired) electrons. The van der Waals surface area contributed by atoms with E-state index in [1.807, 2.05) is 6.08 Å². The van der Waals surface area contributed by atoms with Crippen molar-refractivity contribution in [3.63, 3.8) is 0 Å². The average molecular weight is 258 g/mol. The van der Waals surface area contributed by atoms with E-state index in [1.54, 1.807) is 6.92 Å². The fourth-order valence-corrected chi connectivity index (χ4v) is 3.04. The van der Waals surface area contributed by atoms with E-state index >= 15 is 0 Å². The molecule has 2 rings (SSSR count). The first-order valence-corrected chi connectivity index (χ1v) is 6.21. The molecular weight excluding hydrogens is 241 g/mol. The summed E-state index contributed by atoms with van der Waals surface area (Å²) in [6.07, 6.45) is 0.863. The van der Waals surface area contributed by atoms with Crippen LogP contribution in [0.25, 0.3) is 0 Å². The van der Waals surface area contributed by atoms with E-state index in [0.29, 0.717) is 11.5 Å². The first kappa shape index (κ1) is 13.4. The number of hydrogen-bond donors (Lipinski definition) is 0. The van der Waals surface area contributed by atoms with Crippen molar-refractivity contribution >= 4 is 5.78 Å². The van der Waals surface area contributed by atoms with Gasteiger partial charge in [-0.3, -0.25) is 4.79 Å². The molecule has 0 amide bonds. The van der Waals surface area contributed by atoms with Gasteiger partial charge in [0.15, 0.2) is 0 Å². The van der Waals surface area contributed by atoms with Gasteiger partial charge in [0.25, 0.3) is 0 Å². The molecule has 2 saturated carbocycles. The van der Waals surface area contributed by atoms with Crippen LogP contribution < -0.4 is 0 Å². The molecule has 1 nitrogen and oxygen atoms in total. The van der Waals surface area contributed by atoms with Gasteiger partial charge in [-0.2, -0.15) is 13.2 Å². The van der Waals surface area contributed by atoms with E-state index in [4.69, 9.17) is 0 Å². The lowest BCUT2D eigenvalue weighted by Crippen LogP contribution is -2.22. The Hall–Kier alpha value is -1.06. The summed E-state index contributed by atoms with van der Waals surface area (Å²) in [7, 11) is 0.